The molecule has 1 heterocycles. The first-order valence-corrected chi connectivity index (χ1v) is 8.78. The van der Waals surface area contributed by atoms with Crippen molar-refractivity contribution < 1.29 is 14.0 Å². The Morgan fingerprint density at radius 1 is 1.11 bits per heavy atom. The van der Waals surface area contributed by atoms with Gasteiger partial charge < -0.3 is 10.2 Å². The lowest BCUT2D eigenvalue weighted by atomic mass is 10.2. The Kier molecular flexibility index (Phi) is 5.54. The van der Waals surface area contributed by atoms with Crippen molar-refractivity contribution in [1.82, 2.24) is 14.7 Å². The maximum absolute atomic E-state index is 14.0. The summed E-state index contributed by atoms with van der Waals surface area (Å²) in [6.45, 7) is 3.53. The Labute approximate surface area is 162 Å². The lowest BCUT2D eigenvalue weighted by Crippen LogP contribution is -2.35. The Bertz CT molecular complexity index is 1010. The van der Waals surface area contributed by atoms with Crippen LogP contribution in [-0.4, -0.2) is 40.1 Å². The van der Waals surface area contributed by atoms with Crippen LogP contribution in [0.4, 0.5) is 10.1 Å². The van der Waals surface area contributed by atoms with Crippen molar-refractivity contribution >= 4 is 17.5 Å². The van der Waals surface area contributed by atoms with Crippen LogP contribution >= 0.6 is 0 Å². The molecule has 0 fully saturated rings. The topological polar surface area (TPSA) is 67.2 Å². The van der Waals surface area contributed by atoms with Crippen molar-refractivity contribution in [2.45, 2.75) is 13.8 Å². The van der Waals surface area contributed by atoms with E-state index in [1.807, 2.05) is 19.1 Å². The second kappa shape index (κ2) is 8.04. The van der Waals surface area contributed by atoms with Gasteiger partial charge in [0.25, 0.3) is 5.91 Å². The predicted octanol–water partition coefficient (Wildman–Crippen LogP) is 3.34. The van der Waals surface area contributed by atoms with E-state index in [1.165, 1.54) is 28.9 Å². The van der Waals surface area contributed by atoms with Gasteiger partial charge in [0.05, 0.1) is 24.0 Å². The first kappa shape index (κ1) is 19.3. The summed E-state index contributed by atoms with van der Waals surface area (Å²) in [6.07, 6.45) is 1.39. The van der Waals surface area contributed by atoms with E-state index in [4.69, 9.17) is 0 Å². The normalized spacial score (nSPS) is 10.6. The molecular formula is C21H21FN4O2. The first-order valence-electron chi connectivity index (χ1n) is 8.78. The number of para-hydroxylation sites is 1. The molecule has 0 saturated heterocycles. The molecule has 0 bridgehead atoms. The highest BCUT2D eigenvalue weighted by atomic mass is 19.1. The van der Waals surface area contributed by atoms with E-state index >= 15 is 0 Å². The van der Waals surface area contributed by atoms with Gasteiger partial charge >= 0.3 is 0 Å². The van der Waals surface area contributed by atoms with Crippen LogP contribution in [0.25, 0.3) is 5.69 Å². The maximum Gasteiger partial charge on any atom is 0.257 e. The quantitative estimate of drug-likeness (QED) is 0.738. The summed E-state index contributed by atoms with van der Waals surface area (Å²) >= 11 is 0. The van der Waals surface area contributed by atoms with Crippen LogP contribution < -0.4 is 5.32 Å². The second-order valence-corrected chi connectivity index (χ2v) is 6.58. The van der Waals surface area contributed by atoms with E-state index < -0.39 is 5.82 Å². The number of aryl methyl sites for hydroxylation is 1. The highest BCUT2D eigenvalue weighted by molar-refractivity contribution is 5.99. The van der Waals surface area contributed by atoms with Crippen molar-refractivity contribution in [1.29, 1.82) is 0 Å². The lowest BCUT2D eigenvalue weighted by molar-refractivity contribution is -0.116. The van der Waals surface area contributed by atoms with Gasteiger partial charge in [-0.3, -0.25) is 9.59 Å². The van der Waals surface area contributed by atoms with Gasteiger partial charge in [0, 0.05) is 12.7 Å². The van der Waals surface area contributed by atoms with E-state index in [0.29, 0.717) is 16.9 Å². The Morgan fingerprint density at radius 2 is 1.79 bits per heavy atom. The smallest absolute Gasteiger partial charge is 0.257 e. The fraction of sp³-hybridized carbons (Fsp3) is 0.190. The standard InChI is InChI=1S/C21H21FN4O2/c1-14-8-10-16(11-9-14)24-20(27)13-25(3)21(28)17-12-23-26(15(17)2)19-7-5-4-6-18(19)22/h4-12H,13H2,1-3H3,(H,24,27). The van der Waals surface area contributed by atoms with Crippen LogP contribution in [-0.2, 0) is 4.79 Å². The summed E-state index contributed by atoms with van der Waals surface area (Å²) in [5, 5.41) is 6.89. The SMILES string of the molecule is Cc1ccc(NC(=O)CN(C)C(=O)c2cnn(-c3ccccc3F)c2C)cc1. The number of anilines is 1. The number of amides is 2. The van der Waals surface area contributed by atoms with Crippen LogP contribution in [0.15, 0.2) is 54.7 Å². The van der Waals surface area contributed by atoms with Crippen molar-refractivity contribution in [3.8, 4) is 5.69 Å². The number of rotatable bonds is 5. The molecule has 0 aliphatic heterocycles. The molecule has 3 rings (SSSR count). The zero-order valence-corrected chi connectivity index (χ0v) is 15.9. The molecule has 0 unspecified atom stereocenters. The van der Waals surface area contributed by atoms with Gasteiger partial charge in [0.2, 0.25) is 5.91 Å². The molecule has 28 heavy (non-hydrogen) atoms. The molecule has 144 valence electrons. The summed E-state index contributed by atoms with van der Waals surface area (Å²) in [5.74, 6) is -1.10. The molecule has 7 heteroatoms. The third-order valence-electron chi connectivity index (χ3n) is 4.38. The number of hydrogen-bond donors (Lipinski definition) is 1. The minimum absolute atomic E-state index is 0.114. The summed E-state index contributed by atoms with van der Waals surface area (Å²) < 4.78 is 15.4. The number of likely N-dealkylation sites (N-methyl/N-ethyl adjacent to an activating group) is 1. The van der Waals surface area contributed by atoms with Crippen LogP contribution in [0.2, 0.25) is 0 Å². The molecule has 1 N–H and O–H groups in total. The number of carbonyl (C=O) groups is 2. The molecule has 0 spiro atoms. The lowest BCUT2D eigenvalue weighted by Gasteiger charge is -2.17. The maximum atomic E-state index is 14.0. The molecule has 0 atom stereocenters. The molecular weight excluding hydrogens is 359 g/mol. The fourth-order valence-electron chi connectivity index (χ4n) is 2.82. The Balaban J connectivity index is 1.70. The van der Waals surface area contributed by atoms with Gasteiger partial charge in [0.15, 0.2) is 0 Å². The third-order valence-corrected chi connectivity index (χ3v) is 4.38. The molecule has 0 radical (unpaired) electrons. The highest BCUT2D eigenvalue weighted by Crippen LogP contribution is 2.18. The molecule has 2 amide bonds. The van der Waals surface area contributed by atoms with Gasteiger partial charge in [-0.1, -0.05) is 29.8 Å². The van der Waals surface area contributed by atoms with E-state index in [9.17, 15) is 14.0 Å². The molecule has 3 aromatic rings. The summed E-state index contributed by atoms with van der Waals surface area (Å²) in [6, 6.07) is 13.6. The summed E-state index contributed by atoms with van der Waals surface area (Å²) in [4.78, 5) is 26.3. The number of aromatic nitrogens is 2. The average molecular weight is 380 g/mol. The minimum atomic E-state index is -0.432. The van der Waals surface area contributed by atoms with Gasteiger partial charge in [-0.15, -0.1) is 0 Å². The predicted molar refractivity (Wildman–Crippen MR) is 105 cm³/mol. The molecule has 0 aliphatic carbocycles. The zero-order valence-electron chi connectivity index (χ0n) is 15.9. The van der Waals surface area contributed by atoms with E-state index in [-0.39, 0.29) is 24.0 Å². The fourth-order valence-corrected chi connectivity index (χ4v) is 2.82. The van der Waals surface area contributed by atoms with Crippen LogP contribution in [0.3, 0.4) is 0 Å². The molecule has 1 aromatic heterocycles. The third kappa shape index (κ3) is 4.09. The van der Waals surface area contributed by atoms with Gasteiger partial charge in [0.1, 0.15) is 11.5 Å². The number of nitrogens with zero attached hydrogens (tertiary/aromatic N) is 3. The van der Waals surface area contributed by atoms with Crippen molar-refractivity contribution in [2.75, 3.05) is 18.9 Å². The Hall–Kier alpha value is -3.48. The monoisotopic (exact) mass is 380 g/mol. The zero-order chi connectivity index (χ0) is 20.3. The summed E-state index contributed by atoms with van der Waals surface area (Å²) in [5.41, 5.74) is 2.83. The Morgan fingerprint density at radius 3 is 2.46 bits per heavy atom. The van der Waals surface area contributed by atoms with Gasteiger partial charge in [-0.05, 0) is 38.1 Å². The average Bonchev–Trinajstić information content (AvgIpc) is 3.04. The molecule has 6 nitrogen and oxygen atoms in total. The van der Waals surface area contributed by atoms with Crippen LogP contribution in [0, 0.1) is 19.7 Å². The number of nitrogens with one attached hydrogen (secondary N) is 1. The number of benzene rings is 2. The van der Waals surface area contributed by atoms with E-state index in [0.717, 1.165) is 5.56 Å². The second-order valence-electron chi connectivity index (χ2n) is 6.58. The van der Waals surface area contributed by atoms with Crippen LogP contribution in [0.5, 0.6) is 0 Å². The van der Waals surface area contributed by atoms with Crippen molar-refractivity contribution in [3.63, 3.8) is 0 Å². The van der Waals surface area contributed by atoms with Crippen molar-refractivity contribution in [3.05, 3.63) is 77.4 Å². The largest absolute Gasteiger partial charge is 0.332 e. The highest BCUT2D eigenvalue weighted by Gasteiger charge is 2.21. The molecule has 2 aromatic carbocycles. The molecule has 0 saturated carbocycles. The number of halogens is 1. The van der Waals surface area contributed by atoms with Gasteiger partial charge in [-0.25, -0.2) is 9.07 Å². The minimum Gasteiger partial charge on any atom is -0.332 e. The number of carbonyl (C=O) groups excluding carboxylic acids is 2. The van der Waals surface area contributed by atoms with E-state index in [2.05, 4.69) is 10.4 Å². The van der Waals surface area contributed by atoms with Gasteiger partial charge in [-0.2, -0.15) is 5.10 Å². The van der Waals surface area contributed by atoms with E-state index in [1.54, 1.807) is 37.3 Å². The first-order chi connectivity index (χ1) is 13.4. The molecule has 0 aliphatic rings. The summed E-state index contributed by atoms with van der Waals surface area (Å²) in [7, 11) is 1.54. The number of hydrogen-bond acceptors (Lipinski definition) is 3. The van der Waals surface area contributed by atoms with Crippen molar-refractivity contribution in [2.24, 2.45) is 0 Å². The van der Waals surface area contributed by atoms with Crippen LogP contribution in [0.1, 0.15) is 21.6 Å².